The van der Waals surface area contributed by atoms with Gasteiger partial charge in [0.25, 0.3) is 0 Å². The standard InChI is InChI=1S/C13H18N2O2S/c16-18(17)8-6-15(7-9-18)13-3-1-2-11-10-14-5-4-12(11)13/h1-3,14H,4-10H2. The summed E-state index contributed by atoms with van der Waals surface area (Å²) in [6.07, 6.45) is 1.04. The van der Waals surface area contributed by atoms with Crippen LogP contribution in [0.5, 0.6) is 0 Å². The van der Waals surface area contributed by atoms with Gasteiger partial charge in [-0.3, -0.25) is 0 Å². The average molecular weight is 266 g/mol. The van der Waals surface area contributed by atoms with Gasteiger partial charge < -0.3 is 10.2 Å². The molecule has 0 unspecified atom stereocenters. The first-order valence-electron chi connectivity index (χ1n) is 6.42. The molecule has 98 valence electrons. The van der Waals surface area contributed by atoms with Crippen LogP contribution < -0.4 is 10.2 Å². The van der Waals surface area contributed by atoms with Crippen LogP contribution in [0.25, 0.3) is 0 Å². The van der Waals surface area contributed by atoms with Crippen molar-refractivity contribution in [3.05, 3.63) is 29.3 Å². The minimum Gasteiger partial charge on any atom is -0.369 e. The van der Waals surface area contributed by atoms with Gasteiger partial charge in [-0.1, -0.05) is 12.1 Å². The second-order valence-electron chi connectivity index (χ2n) is 4.98. The minimum absolute atomic E-state index is 0.287. The smallest absolute Gasteiger partial charge is 0.153 e. The number of nitrogens with zero attached hydrogens (tertiary/aromatic N) is 1. The second kappa shape index (κ2) is 4.55. The molecule has 3 rings (SSSR count). The minimum atomic E-state index is -2.80. The van der Waals surface area contributed by atoms with Gasteiger partial charge in [-0.2, -0.15) is 0 Å². The molecule has 1 fully saturated rings. The Morgan fingerprint density at radius 2 is 1.94 bits per heavy atom. The van der Waals surface area contributed by atoms with Crippen LogP contribution in [0, 0.1) is 0 Å². The van der Waals surface area contributed by atoms with E-state index in [1.54, 1.807) is 0 Å². The fourth-order valence-electron chi connectivity index (χ4n) is 2.76. The Labute approximate surface area is 108 Å². The average Bonchev–Trinajstić information content (AvgIpc) is 2.38. The molecule has 0 radical (unpaired) electrons. The lowest BCUT2D eigenvalue weighted by Crippen LogP contribution is -2.41. The van der Waals surface area contributed by atoms with Crippen molar-refractivity contribution >= 4 is 15.5 Å². The first kappa shape index (κ1) is 12.0. The van der Waals surface area contributed by atoms with E-state index in [1.165, 1.54) is 16.8 Å². The van der Waals surface area contributed by atoms with Crippen LogP contribution in [0.4, 0.5) is 5.69 Å². The van der Waals surface area contributed by atoms with Crippen LogP contribution in [0.2, 0.25) is 0 Å². The van der Waals surface area contributed by atoms with E-state index >= 15 is 0 Å². The molecule has 1 saturated heterocycles. The number of hydrogen-bond acceptors (Lipinski definition) is 4. The molecule has 1 aromatic rings. The van der Waals surface area contributed by atoms with Crippen LogP contribution in [0.3, 0.4) is 0 Å². The first-order chi connectivity index (χ1) is 8.66. The van der Waals surface area contributed by atoms with Crippen molar-refractivity contribution in [3.8, 4) is 0 Å². The van der Waals surface area contributed by atoms with E-state index in [4.69, 9.17) is 0 Å². The van der Waals surface area contributed by atoms with E-state index in [1.807, 2.05) is 0 Å². The van der Waals surface area contributed by atoms with Gasteiger partial charge in [0.05, 0.1) is 11.5 Å². The summed E-state index contributed by atoms with van der Waals surface area (Å²) < 4.78 is 23.0. The van der Waals surface area contributed by atoms with Gasteiger partial charge in [-0.15, -0.1) is 0 Å². The third-order valence-electron chi connectivity index (χ3n) is 3.80. The van der Waals surface area contributed by atoms with E-state index in [-0.39, 0.29) is 11.5 Å². The van der Waals surface area contributed by atoms with Crippen LogP contribution in [0.1, 0.15) is 11.1 Å². The molecule has 0 aromatic heterocycles. The lowest BCUT2D eigenvalue weighted by molar-refractivity contribution is 0.586. The van der Waals surface area contributed by atoms with Crippen molar-refractivity contribution in [1.82, 2.24) is 5.32 Å². The summed E-state index contributed by atoms with van der Waals surface area (Å²) in [5.74, 6) is 0.573. The molecule has 0 aliphatic carbocycles. The molecular formula is C13H18N2O2S. The zero-order valence-corrected chi connectivity index (χ0v) is 11.2. The van der Waals surface area contributed by atoms with Crippen molar-refractivity contribution in [3.63, 3.8) is 0 Å². The predicted octanol–water partition coefficient (Wildman–Crippen LogP) is 0.567. The van der Waals surface area contributed by atoms with Gasteiger partial charge >= 0.3 is 0 Å². The molecule has 2 aliphatic heterocycles. The summed E-state index contributed by atoms with van der Waals surface area (Å²) in [6, 6.07) is 6.36. The third-order valence-corrected chi connectivity index (χ3v) is 5.41. The van der Waals surface area contributed by atoms with Crippen molar-refractivity contribution in [1.29, 1.82) is 0 Å². The number of nitrogens with one attached hydrogen (secondary N) is 1. The van der Waals surface area contributed by atoms with E-state index in [0.29, 0.717) is 13.1 Å². The quantitative estimate of drug-likeness (QED) is 0.807. The van der Waals surface area contributed by atoms with Crippen LogP contribution in [0.15, 0.2) is 18.2 Å². The SMILES string of the molecule is O=S1(=O)CCN(c2cccc3c2CCNC3)CC1. The van der Waals surface area contributed by atoms with Crippen molar-refractivity contribution in [2.75, 3.05) is 36.0 Å². The molecule has 0 amide bonds. The molecule has 4 nitrogen and oxygen atoms in total. The number of rotatable bonds is 1. The van der Waals surface area contributed by atoms with Crippen molar-refractivity contribution < 1.29 is 8.42 Å². The lowest BCUT2D eigenvalue weighted by Gasteiger charge is -2.32. The maximum Gasteiger partial charge on any atom is 0.153 e. The highest BCUT2D eigenvalue weighted by Gasteiger charge is 2.24. The zero-order chi connectivity index (χ0) is 12.6. The van der Waals surface area contributed by atoms with E-state index in [2.05, 4.69) is 28.4 Å². The molecule has 5 heteroatoms. The number of fused-ring (bicyclic) bond motifs is 1. The molecule has 0 bridgehead atoms. The fraction of sp³-hybridized carbons (Fsp3) is 0.538. The highest BCUT2D eigenvalue weighted by atomic mass is 32.2. The van der Waals surface area contributed by atoms with Gasteiger partial charge in [0.2, 0.25) is 0 Å². The molecule has 1 N–H and O–H groups in total. The monoisotopic (exact) mass is 266 g/mol. The maximum atomic E-state index is 11.5. The molecule has 1 aromatic carbocycles. The molecule has 0 atom stereocenters. The Morgan fingerprint density at radius 3 is 2.72 bits per heavy atom. The van der Waals surface area contributed by atoms with Crippen LogP contribution >= 0.6 is 0 Å². The number of anilines is 1. The van der Waals surface area contributed by atoms with Gasteiger partial charge in [-0.25, -0.2) is 8.42 Å². The third kappa shape index (κ3) is 2.24. The normalized spacial score (nSPS) is 22.6. The zero-order valence-electron chi connectivity index (χ0n) is 10.4. The van der Waals surface area contributed by atoms with Gasteiger partial charge in [0.1, 0.15) is 0 Å². The van der Waals surface area contributed by atoms with Crippen molar-refractivity contribution in [2.45, 2.75) is 13.0 Å². The van der Waals surface area contributed by atoms with E-state index in [0.717, 1.165) is 19.5 Å². The molecule has 0 saturated carbocycles. The van der Waals surface area contributed by atoms with Crippen LogP contribution in [-0.4, -0.2) is 39.6 Å². The topological polar surface area (TPSA) is 49.4 Å². The molecular weight excluding hydrogens is 248 g/mol. The number of hydrogen-bond donors (Lipinski definition) is 1. The molecule has 2 heterocycles. The van der Waals surface area contributed by atoms with Crippen LogP contribution in [-0.2, 0) is 22.8 Å². The Balaban J connectivity index is 1.89. The fourth-order valence-corrected chi connectivity index (χ4v) is 3.96. The Kier molecular flexibility index (Phi) is 3.03. The Hall–Kier alpha value is -1.07. The summed E-state index contributed by atoms with van der Waals surface area (Å²) >= 11 is 0. The maximum absolute atomic E-state index is 11.5. The van der Waals surface area contributed by atoms with Crippen molar-refractivity contribution in [2.24, 2.45) is 0 Å². The lowest BCUT2D eigenvalue weighted by atomic mass is 9.98. The molecule has 18 heavy (non-hydrogen) atoms. The highest BCUT2D eigenvalue weighted by Crippen LogP contribution is 2.27. The first-order valence-corrected chi connectivity index (χ1v) is 8.25. The Bertz CT molecular complexity index is 540. The Morgan fingerprint density at radius 1 is 1.17 bits per heavy atom. The summed E-state index contributed by atoms with van der Waals surface area (Å²) in [7, 11) is -2.80. The molecule has 2 aliphatic rings. The highest BCUT2D eigenvalue weighted by molar-refractivity contribution is 7.91. The van der Waals surface area contributed by atoms with Gasteiger partial charge in [0.15, 0.2) is 9.84 Å². The summed E-state index contributed by atoms with van der Waals surface area (Å²) in [5.41, 5.74) is 3.99. The number of sulfone groups is 1. The predicted molar refractivity (Wildman–Crippen MR) is 72.7 cm³/mol. The van der Waals surface area contributed by atoms with E-state index < -0.39 is 9.84 Å². The summed E-state index contributed by atoms with van der Waals surface area (Å²) in [4.78, 5) is 2.23. The van der Waals surface area contributed by atoms with E-state index in [9.17, 15) is 8.42 Å². The summed E-state index contributed by atoms with van der Waals surface area (Å²) in [6.45, 7) is 3.20. The van der Waals surface area contributed by atoms with Gasteiger partial charge in [0, 0.05) is 25.3 Å². The number of benzene rings is 1. The largest absolute Gasteiger partial charge is 0.369 e. The van der Waals surface area contributed by atoms with Gasteiger partial charge in [-0.05, 0) is 30.2 Å². The summed E-state index contributed by atoms with van der Waals surface area (Å²) in [5, 5.41) is 3.37. The second-order valence-corrected chi connectivity index (χ2v) is 7.28. The molecule has 0 spiro atoms.